The summed E-state index contributed by atoms with van der Waals surface area (Å²) in [6, 6.07) is 17.3. The molecule has 0 aliphatic heterocycles. The molecule has 1 atom stereocenters. The summed E-state index contributed by atoms with van der Waals surface area (Å²) in [6.07, 6.45) is 0. The lowest BCUT2D eigenvalue weighted by Crippen LogP contribution is -3.11. The van der Waals surface area contributed by atoms with Gasteiger partial charge in [0.25, 0.3) is 11.8 Å². The third-order valence-electron chi connectivity index (χ3n) is 4.65. The Morgan fingerprint density at radius 1 is 0.963 bits per heavy atom. The first kappa shape index (κ1) is 20.6. The second-order valence-corrected chi connectivity index (χ2v) is 6.55. The molecule has 0 aliphatic rings. The van der Waals surface area contributed by atoms with Crippen LogP contribution in [-0.2, 0) is 11.3 Å². The Kier molecular flexibility index (Phi) is 8.01. The minimum atomic E-state index is -0.0461. The number of nitrogens with zero attached hydrogens (tertiary/aromatic N) is 1. The van der Waals surface area contributed by atoms with Crippen LogP contribution in [-0.4, -0.2) is 42.9 Å². The van der Waals surface area contributed by atoms with Gasteiger partial charge in [-0.3, -0.25) is 9.59 Å². The Labute approximate surface area is 162 Å². The smallest absolute Gasteiger partial charge is 0.279 e. The number of likely N-dealkylation sites (N-methyl/N-ethyl adjacent to an activating group) is 1. The fourth-order valence-electron chi connectivity index (χ4n) is 3.05. The van der Waals surface area contributed by atoms with Crippen molar-refractivity contribution in [3.05, 3.63) is 65.7 Å². The summed E-state index contributed by atoms with van der Waals surface area (Å²) in [6.45, 7) is 9.40. The molecule has 0 aromatic heterocycles. The van der Waals surface area contributed by atoms with Crippen LogP contribution in [0.2, 0.25) is 0 Å². The van der Waals surface area contributed by atoms with E-state index in [9.17, 15) is 9.59 Å². The highest BCUT2D eigenvalue weighted by atomic mass is 16.2. The molecule has 5 nitrogen and oxygen atoms in total. The fourth-order valence-corrected chi connectivity index (χ4v) is 3.05. The molecule has 0 saturated carbocycles. The first-order valence-corrected chi connectivity index (χ1v) is 9.64. The highest BCUT2D eigenvalue weighted by molar-refractivity contribution is 5.97. The molecule has 0 radical (unpaired) electrons. The zero-order valence-corrected chi connectivity index (χ0v) is 16.5. The molecular formula is C22H30N3O2+. The van der Waals surface area contributed by atoms with E-state index in [-0.39, 0.29) is 11.8 Å². The molecule has 0 spiro atoms. The molecule has 0 saturated heterocycles. The zero-order chi connectivity index (χ0) is 19.6. The van der Waals surface area contributed by atoms with Crippen LogP contribution in [0.4, 0.5) is 5.69 Å². The van der Waals surface area contributed by atoms with E-state index in [0.29, 0.717) is 30.9 Å². The number of hydrogen-bond acceptors (Lipinski definition) is 2. The molecule has 2 rings (SSSR count). The van der Waals surface area contributed by atoms with Gasteiger partial charge in [0.1, 0.15) is 6.54 Å². The topological polar surface area (TPSA) is 53.9 Å². The molecule has 2 N–H and O–H groups in total. The number of carbonyl (C=O) groups excluding carboxylic acids is 2. The summed E-state index contributed by atoms with van der Waals surface area (Å²) in [5.74, 6) is -0.0591. The van der Waals surface area contributed by atoms with Crippen molar-refractivity contribution in [3.8, 4) is 0 Å². The summed E-state index contributed by atoms with van der Waals surface area (Å²) in [5.41, 5.74) is 2.47. The molecule has 2 amide bonds. The Balaban J connectivity index is 1.98. The predicted octanol–water partition coefficient (Wildman–Crippen LogP) is 2.21. The highest BCUT2D eigenvalue weighted by Crippen LogP contribution is 2.12. The average Bonchev–Trinajstić information content (AvgIpc) is 2.69. The van der Waals surface area contributed by atoms with E-state index in [0.717, 1.165) is 13.1 Å². The molecule has 0 bridgehead atoms. The monoisotopic (exact) mass is 368 g/mol. The number of amides is 2. The van der Waals surface area contributed by atoms with Crippen LogP contribution in [0.3, 0.4) is 0 Å². The van der Waals surface area contributed by atoms with E-state index in [2.05, 4.69) is 24.4 Å². The largest absolute Gasteiger partial charge is 0.339 e. The summed E-state index contributed by atoms with van der Waals surface area (Å²) in [4.78, 5) is 27.9. The Hall–Kier alpha value is -2.66. The molecule has 27 heavy (non-hydrogen) atoms. The SMILES string of the molecule is CCN(CC)C(=O)c1cccc(NC(=O)C[NH+](CC)Cc2ccccc2)c1. The van der Waals surface area contributed by atoms with E-state index in [1.807, 2.05) is 38.1 Å². The molecule has 0 fully saturated rings. The van der Waals surface area contributed by atoms with Crippen LogP contribution in [0, 0.1) is 0 Å². The molecule has 5 heteroatoms. The molecule has 0 heterocycles. The minimum absolute atomic E-state index is 0.0130. The molecule has 2 aromatic rings. The first-order chi connectivity index (χ1) is 13.1. The van der Waals surface area contributed by atoms with Gasteiger partial charge in [-0.15, -0.1) is 0 Å². The van der Waals surface area contributed by atoms with Gasteiger partial charge in [-0.1, -0.05) is 36.4 Å². The predicted molar refractivity (Wildman–Crippen MR) is 109 cm³/mol. The van der Waals surface area contributed by atoms with Gasteiger partial charge in [0.05, 0.1) is 6.54 Å². The standard InChI is InChI=1S/C22H29N3O2/c1-4-24(16-18-11-8-7-9-12-18)17-21(26)23-20-14-10-13-19(15-20)22(27)25(5-2)6-3/h7-15H,4-6,16-17H2,1-3H3,(H,23,26)/p+1. The van der Waals surface area contributed by atoms with E-state index in [1.165, 1.54) is 10.5 Å². The number of hydrogen-bond donors (Lipinski definition) is 2. The van der Waals surface area contributed by atoms with Crippen molar-refractivity contribution in [2.75, 3.05) is 31.5 Å². The normalized spacial score (nSPS) is 11.7. The Morgan fingerprint density at radius 3 is 2.30 bits per heavy atom. The van der Waals surface area contributed by atoms with Gasteiger partial charge < -0.3 is 15.1 Å². The van der Waals surface area contributed by atoms with Gasteiger partial charge in [0, 0.05) is 29.9 Å². The minimum Gasteiger partial charge on any atom is -0.339 e. The van der Waals surface area contributed by atoms with Gasteiger partial charge in [-0.25, -0.2) is 0 Å². The molecule has 1 unspecified atom stereocenters. The lowest BCUT2D eigenvalue weighted by molar-refractivity contribution is -0.903. The van der Waals surface area contributed by atoms with Crippen molar-refractivity contribution < 1.29 is 14.5 Å². The number of nitrogens with one attached hydrogen (secondary N) is 2. The summed E-state index contributed by atoms with van der Waals surface area (Å²) >= 11 is 0. The highest BCUT2D eigenvalue weighted by Gasteiger charge is 2.15. The van der Waals surface area contributed by atoms with Crippen LogP contribution < -0.4 is 10.2 Å². The van der Waals surface area contributed by atoms with E-state index in [1.54, 1.807) is 23.1 Å². The number of benzene rings is 2. The molecule has 144 valence electrons. The Bertz CT molecular complexity index is 742. The van der Waals surface area contributed by atoms with Crippen LogP contribution in [0.1, 0.15) is 36.7 Å². The molecule has 2 aromatic carbocycles. The third kappa shape index (κ3) is 6.22. The van der Waals surface area contributed by atoms with Crippen molar-refractivity contribution in [2.45, 2.75) is 27.3 Å². The number of carbonyl (C=O) groups is 2. The fraction of sp³-hybridized carbons (Fsp3) is 0.364. The Morgan fingerprint density at radius 2 is 1.67 bits per heavy atom. The third-order valence-corrected chi connectivity index (χ3v) is 4.65. The first-order valence-electron chi connectivity index (χ1n) is 9.64. The quantitative estimate of drug-likeness (QED) is 0.713. The van der Waals surface area contributed by atoms with Gasteiger partial charge in [0.15, 0.2) is 6.54 Å². The van der Waals surface area contributed by atoms with Crippen molar-refractivity contribution in [1.29, 1.82) is 0 Å². The second kappa shape index (κ2) is 10.5. The molecule has 0 aliphatic carbocycles. The van der Waals surface area contributed by atoms with Gasteiger partial charge >= 0.3 is 0 Å². The van der Waals surface area contributed by atoms with Crippen LogP contribution in [0.25, 0.3) is 0 Å². The van der Waals surface area contributed by atoms with Crippen molar-refractivity contribution in [3.63, 3.8) is 0 Å². The summed E-state index contributed by atoms with van der Waals surface area (Å²) < 4.78 is 0. The number of quaternary nitrogens is 1. The van der Waals surface area contributed by atoms with Gasteiger partial charge in [-0.05, 0) is 39.0 Å². The van der Waals surface area contributed by atoms with E-state index < -0.39 is 0 Å². The maximum absolute atomic E-state index is 12.5. The zero-order valence-electron chi connectivity index (χ0n) is 16.5. The van der Waals surface area contributed by atoms with Crippen LogP contribution in [0.15, 0.2) is 54.6 Å². The van der Waals surface area contributed by atoms with Crippen LogP contribution >= 0.6 is 0 Å². The van der Waals surface area contributed by atoms with E-state index in [4.69, 9.17) is 0 Å². The maximum atomic E-state index is 12.5. The number of rotatable bonds is 9. The van der Waals surface area contributed by atoms with Crippen molar-refractivity contribution in [2.24, 2.45) is 0 Å². The summed E-state index contributed by atoms with van der Waals surface area (Å²) in [5, 5.41) is 2.93. The van der Waals surface area contributed by atoms with Gasteiger partial charge in [0.2, 0.25) is 0 Å². The van der Waals surface area contributed by atoms with Crippen LogP contribution in [0.5, 0.6) is 0 Å². The lowest BCUT2D eigenvalue weighted by Gasteiger charge is -2.19. The van der Waals surface area contributed by atoms with E-state index >= 15 is 0 Å². The lowest BCUT2D eigenvalue weighted by atomic mass is 10.1. The number of anilines is 1. The second-order valence-electron chi connectivity index (χ2n) is 6.55. The summed E-state index contributed by atoms with van der Waals surface area (Å²) in [7, 11) is 0. The maximum Gasteiger partial charge on any atom is 0.279 e. The van der Waals surface area contributed by atoms with Crippen molar-refractivity contribution in [1.82, 2.24) is 4.90 Å². The van der Waals surface area contributed by atoms with Gasteiger partial charge in [-0.2, -0.15) is 0 Å². The van der Waals surface area contributed by atoms with Crippen molar-refractivity contribution >= 4 is 17.5 Å². The average molecular weight is 369 g/mol. The molecular weight excluding hydrogens is 338 g/mol.